The molecule has 0 unspecified atom stereocenters. The maximum Gasteiger partial charge on any atom is 0.356 e. The van der Waals surface area contributed by atoms with Gasteiger partial charge in [0, 0.05) is 6.42 Å². The second kappa shape index (κ2) is 7.04. The minimum atomic E-state index is -1.17. The van der Waals surface area contributed by atoms with Gasteiger partial charge < -0.3 is 9.84 Å². The monoisotopic (exact) mass is 306 g/mol. The molecule has 0 aliphatic carbocycles. The molecule has 0 saturated heterocycles. The van der Waals surface area contributed by atoms with E-state index in [0.717, 1.165) is 12.2 Å². The van der Waals surface area contributed by atoms with E-state index in [9.17, 15) is 4.79 Å². The van der Waals surface area contributed by atoms with Crippen LogP contribution in [0.15, 0.2) is 30.5 Å². The van der Waals surface area contributed by atoms with Crippen LogP contribution in [0.3, 0.4) is 0 Å². The molecule has 0 aliphatic rings. The molecule has 1 aromatic carbocycles. The Kier molecular flexibility index (Phi) is 5.11. The first-order chi connectivity index (χ1) is 10.1. The highest BCUT2D eigenvalue weighted by Crippen LogP contribution is 2.15. The number of carboxylic acids is 1. The number of carbonyl (C=O) groups is 1. The van der Waals surface area contributed by atoms with Crippen LogP contribution in [-0.2, 0) is 12.8 Å². The van der Waals surface area contributed by atoms with Crippen LogP contribution in [0.2, 0.25) is 5.02 Å². The predicted molar refractivity (Wildman–Crippen MR) is 79.0 cm³/mol. The molecule has 1 N–H and O–H groups in total. The summed E-state index contributed by atoms with van der Waals surface area (Å²) in [5, 5.41) is 8.98. The number of hydrogen-bond donors (Lipinski definition) is 1. The summed E-state index contributed by atoms with van der Waals surface area (Å²) < 4.78 is 5.62. The second-order valence-electron chi connectivity index (χ2n) is 4.39. The van der Waals surface area contributed by atoms with Crippen LogP contribution in [0.4, 0.5) is 0 Å². The van der Waals surface area contributed by atoms with Crippen molar-refractivity contribution < 1.29 is 14.6 Å². The van der Waals surface area contributed by atoms with Gasteiger partial charge in [0.2, 0.25) is 0 Å². The van der Waals surface area contributed by atoms with Gasteiger partial charge in [-0.3, -0.25) is 0 Å². The molecule has 21 heavy (non-hydrogen) atoms. The van der Waals surface area contributed by atoms with Crippen molar-refractivity contribution in [2.45, 2.75) is 19.8 Å². The highest BCUT2D eigenvalue weighted by Gasteiger charge is 2.12. The van der Waals surface area contributed by atoms with Crippen LogP contribution in [0.1, 0.15) is 28.8 Å². The highest BCUT2D eigenvalue weighted by molar-refractivity contribution is 6.33. The van der Waals surface area contributed by atoms with Crippen molar-refractivity contribution in [1.29, 1.82) is 0 Å². The molecule has 0 fully saturated rings. The van der Waals surface area contributed by atoms with Crippen LogP contribution in [-0.4, -0.2) is 27.7 Å². The van der Waals surface area contributed by atoms with E-state index in [2.05, 4.69) is 16.9 Å². The molecule has 0 amide bonds. The van der Waals surface area contributed by atoms with Crippen molar-refractivity contribution in [2.75, 3.05) is 6.61 Å². The van der Waals surface area contributed by atoms with Gasteiger partial charge in [0.05, 0.1) is 17.8 Å². The van der Waals surface area contributed by atoms with E-state index in [0.29, 0.717) is 18.9 Å². The first kappa shape index (κ1) is 15.3. The Balaban J connectivity index is 1.97. The first-order valence-electron chi connectivity index (χ1n) is 6.56. The summed E-state index contributed by atoms with van der Waals surface area (Å²) in [5.41, 5.74) is 1.01. The summed E-state index contributed by atoms with van der Waals surface area (Å²) in [7, 11) is 0. The first-order valence-corrected chi connectivity index (χ1v) is 6.94. The third-order valence-electron chi connectivity index (χ3n) is 2.90. The molecule has 0 spiro atoms. The minimum absolute atomic E-state index is 0.0304. The molecule has 1 aromatic heterocycles. The fourth-order valence-corrected chi connectivity index (χ4v) is 1.96. The molecule has 0 aliphatic heterocycles. The Morgan fingerprint density at radius 1 is 1.43 bits per heavy atom. The average molecular weight is 307 g/mol. The smallest absolute Gasteiger partial charge is 0.356 e. The molecule has 0 atom stereocenters. The number of carboxylic acid groups (broad SMARTS) is 1. The Hall–Kier alpha value is -2.14. The number of benzene rings is 1. The van der Waals surface area contributed by atoms with Crippen molar-refractivity contribution in [2.24, 2.45) is 0 Å². The van der Waals surface area contributed by atoms with Crippen LogP contribution in [0.5, 0.6) is 5.75 Å². The van der Waals surface area contributed by atoms with Gasteiger partial charge in [-0.05, 0) is 24.1 Å². The summed E-state index contributed by atoms with van der Waals surface area (Å²) in [6.07, 6.45) is 2.65. The molecular formula is C15H15ClN2O3. The van der Waals surface area contributed by atoms with E-state index in [1.807, 2.05) is 24.3 Å². The number of aromatic carboxylic acids is 1. The quantitative estimate of drug-likeness (QED) is 0.888. The van der Waals surface area contributed by atoms with Gasteiger partial charge >= 0.3 is 5.97 Å². The van der Waals surface area contributed by atoms with Gasteiger partial charge in [0.15, 0.2) is 5.69 Å². The molecule has 1 heterocycles. The van der Waals surface area contributed by atoms with Crippen molar-refractivity contribution in [3.63, 3.8) is 0 Å². The molecule has 0 bridgehead atoms. The molecule has 6 heteroatoms. The van der Waals surface area contributed by atoms with Crippen molar-refractivity contribution in [3.8, 4) is 5.75 Å². The summed E-state index contributed by atoms with van der Waals surface area (Å²) in [5.74, 6) is 0.00503. The second-order valence-corrected chi connectivity index (χ2v) is 4.79. The number of aryl methyl sites for hydroxylation is 1. The fraction of sp³-hybridized carbons (Fsp3) is 0.267. The van der Waals surface area contributed by atoms with E-state index in [4.69, 9.17) is 21.4 Å². The van der Waals surface area contributed by atoms with Gasteiger partial charge in [-0.15, -0.1) is 0 Å². The van der Waals surface area contributed by atoms with E-state index >= 15 is 0 Å². The highest BCUT2D eigenvalue weighted by atomic mass is 35.5. The van der Waals surface area contributed by atoms with Crippen molar-refractivity contribution in [3.05, 3.63) is 52.6 Å². The standard InChI is InChI=1S/C15H15ClN2O3/c1-2-10-4-3-5-11(8-10)21-7-6-13-17-9-12(16)14(18-13)15(19)20/h3-5,8-9H,2,6-7H2,1H3,(H,19,20). The Labute approximate surface area is 127 Å². The third kappa shape index (κ3) is 4.16. The van der Waals surface area contributed by atoms with Gasteiger partial charge in [0.25, 0.3) is 0 Å². The fourth-order valence-electron chi connectivity index (χ4n) is 1.79. The molecule has 0 radical (unpaired) electrons. The van der Waals surface area contributed by atoms with E-state index in [-0.39, 0.29) is 10.7 Å². The lowest BCUT2D eigenvalue weighted by molar-refractivity contribution is 0.0690. The van der Waals surface area contributed by atoms with Gasteiger partial charge in [-0.25, -0.2) is 14.8 Å². The zero-order valence-corrected chi connectivity index (χ0v) is 12.3. The minimum Gasteiger partial charge on any atom is -0.493 e. The number of hydrogen-bond acceptors (Lipinski definition) is 4. The number of aromatic nitrogens is 2. The van der Waals surface area contributed by atoms with Crippen LogP contribution in [0, 0.1) is 0 Å². The summed E-state index contributed by atoms with van der Waals surface area (Å²) in [6, 6.07) is 7.83. The summed E-state index contributed by atoms with van der Waals surface area (Å²) >= 11 is 5.72. The zero-order chi connectivity index (χ0) is 15.2. The molecule has 5 nitrogen and oxygen atoms in total. The van der Waals surface area contributed by atoms with E-state index < -0.39 is 5.97 Å². The summed E-state index contributed by atoms with van der Waals surface area (Å²) in [6.45, 7) is 2.45. The maximum atomic E-state index is 10.9. The number of halogens is 1. The van der Waals surface area contributed by atoms with Gasteiger partial charge in [-0.2, -0.15) is 0 Å². The van der Waals surface area contributed by atoms with Gasteiger partial charge in [-0.1, -0.05) is 30.7 Å². The summed E-state index contributed by atoms with van der Waals surface area (Å²) in [4.78, 5) is 18.8. The van der Waals surface area contributed by atoms with Crippen LogP contribution in [0.25, 0.3) is 0 Å². The maximum absolute atomic E-state index is 10.9. The molecule has 110 valence electrons. The molecular weight excluding hydrogens is 292 g/mol. The number of nitrogens with zero attached hydrogens (tertiary/aromatic N) is 2. The van der Waals surface area contributed by atoms with Crippen molar-refractivity contribution in [1.82, 2.24) is 9.97 Å². The molecule has 0 saturated carbocycles. The number of ether oxygens (including phenoxy) is 1. The largest absolute Gasteiger partial charge is 0.493 e. The Morgan fingerprint density at radius 3 is 2.95 bits per heavy atom. The van der Waals surface area contributed by atoms with E-state index in [1.165, 1.54) is 11.8 Å². The predicted octanol–water partition coefficient (Wildman–Crippen LogP) is 3.01. The van der Waals surface area contributed by atoms with Crippen molar-refractivity contribution >= 4 is 17.6 Å². The Morgan fingerprint density at radius 2 is 2.24 bits per heavy atom. The zero-order valence-electron chi connectivity index (χ0n) is 11.5. The normalized spacial score (nSPS) is 10.4. The lowest BCUT2D eigenvalue weighted by atomic mass is 10.2. The van der Waals surface area contributed by atoms with Crippen LogP contribution < -0.4 is 4.74 Å². The lowest BCUT2D eigenvalue weighted by Crippen LogP contribution is -2.09. The Bertz CT molecular complexity index is 647. The molecule has 2 aromatic rings. The van der Waals surface area contributed by atoms with Gasteiger partial charge in [0.1, 0.15) is 11.6 Å². The SMILES string of the molecule is CCc1cccc(OCCc2ncc(Cl)c(C(=O)O)n2)c1. The average Bonchev–Trinajstić information content (AvgIpc) is 2.49. The topological polar surface area (TPSA) is 72.3 Å². The lowest BCUT2D eigenvalue weighted by Gasteiger charge is -2.07. The third-order valence-corrected chi connectivity index (χ3v) is 3.17. The molecule has 2 rings (SSSR count). The van der Waals surface area contributed by atoms with E-state index in [1.54, 1.807) is 0 Å². The van der Waals surface area contributed by atoms with Crippen LogP contribution >= 0.6 is 11.6 Å². The number of rotatable bonds is 6.